The number of furan rings is 1. The minimum atomic E-state index is -0.139. The quantitative estimate of drug-likeness (QED) is 0.162. The van der Waals surface area contributed by atoms with Gasteiger partial charge in [0, 0.05) is 38.9 Å². The van der Waals surface area contributed by atoms with Crippen LogP contribution in [0.1, 0.15) is 84.2 Å². The van der Waals surface area contributed by atoms with E-state index in [1.54, 1.807) is 0 Å². The van der Waals surface area contributed by atoms with Gasteiger partial charge in [0.05, 0.1) is 11.4 Å². The van der Waals surface area contributed by atoms with Gasteiger partial charge in [0.15, 0.2) is 0 Å². The van der Waals surface area contributed by atoms with Gasteiger partial charge in [0.25, 0.3) is 0 Å². The van der Waals surface area contributed by atoms with Gasteiger partial charge in [-0.2, -0.15) is 0 Å². The summed E-state index contributed by atoms with van der Waals surface area (Å²) in [6.07, 6.45) is 11.0. The Morgan fingerprint density at radius 1 is 0.491 bits per heavy atom. The summed E-state index contributed by atoms with van der Waals surface area (Å²) < 4.78 is 6.44. The van der Waals surface area contributed by atoms with Crippen molar-refractivity contribution >= 4 is 56.1 Å². The van der Waals surface area contributed by atoms with Crippen molar-refractivity contribution < 1.29 is 4.42 Å². The van der Waals surface area contributed by atoms with E-state index in [4.69, 9.17) is 4.42 Å². The lowest BCUT2D eigenvalue weighted by Crippen LogP contribution is -2.27. The molecule has 0 saturated heterocycles. The minimum absolute atomic E-state index is 0.139. The number of para-hydroxylation sites is 3. The van der Waals surface area contributed by atoms with Crippen molar-refractivity contribution in [2.24, 2.45) is 0 Å². The maximum Gasteiger partial charge on any atom is 0.135 e. The molecule has 0 bridgehead atoms. The van der Waals surface area contributed by atoms with Gasteiger partial charge >= 0.3 is 0 Å². The van der Waals surface area contributed by atoms with Crippen LogP contribution in [0.25, 0.3) is 21.9 Å². The molecule has 3 aliphatic carbocycles. The lowest BCUT2D eigenvalue weighted by Gasteiger charge is -2.37. The third kappa shape index (κ3) is 5.54. The highest BCUT2D eigenvalue weighted by atomic mass is 16.3. The van der Waals surface area contributed by atoms with E-state index in [9.17, 15) is 0 Å². The molecule has 3 heteroatoms. The van der Waals surface area contributed by atoms with Crippen LogP contribution < -0.4 is 9.80 Å². The molecule has 1 atom stereocenters. The molecule has 11 rings (SSSR count). The van der Waals surface area contributed by atoms with Crippen molar-refractivity contribution in [3.63, 3.8) is 0 Å². The second-order valence-electron chi connectivity index (χ2n) is 16.7. The molecule has 0 N–H and O–H groups in total. The Hall–Kier alpha value is -6.06. The molecule has 8 aromatic rings. The Balaban J connectivity index is 1.13. The molecule has 0 amide bonds. The van der Waals surface area contributed by atoms with Crippen LogP contribution in [0, 0.1) is 6.92 Å². The van der Waals surface area contributed by atoms with Crippen molar-refractivity contribution in [2.45, 2.75) is 76.0 Å². The fourth-order valence-corrected chi connectivity index (χ4v) is 11.1. The summed E-state index contributed by atoms with van der Waals surface area (Å²) in [7, 11) is 0. The van der Waals surface area contributed by atoms with Gasteiger partial charge in [0.1, 0.15) is 11.2 Å². The predicted molar refractivity (Wildman–Crippen MR) is 238 cm³/mol. The first-order chi connectivity index (χ1) is 28.2. The van der Waals surface area contributed by atoms with E-state index in [0.717, 1.165) is 36.8 Å². The Morgan fingerprint density at radius 2 is 1.07 bits per heavy atom. The zero-order valence-corrected chi connectivity index (χ0v) is 32.8. The summed E-state index contributed by atoms with van der Waals surface area (Å²) in [5.41, 5.74) is 17.7. The number of hydrogen-bond acceptors (Lipinski definition) is 3. The monoisotopic (exact) mass is 740 g/mol. The van der Waals surface area contributed by atoms with E-state index < -0.39 is 0 Å². The van der Waals surface area contributed by atoms with E-state index in [2.05, 4.69) is 174 Å². The Kier molecular flexibility index (Phi) is 8.31. The number of fused-ring (bicyclic) bond motifs is 7. The average Bonchev–Trinajstić information content (AvgIpc) is 3.97. The second-order valence-corrected chi connectivity index (χ2v) is 16.7. The van der Waals surface area contributed by atoms with Gasteiger partial charge in [0.2, 0.25) is 0 Å². The highest BCUT2D eigenvalue weighted by molar-refractivity contribution is 6.09. The zero-order chi connectivity index (χ0) is 37.9. The van der Waals surface area contributed by atoms with E-state index in [1.165, 1.54) is 110 Å². The molecule has 0 aliphatic heterocycles. The molecule has 1 aromatic heterocycles. The number of rotatable bonds is 7. The van der Waals surface area contributed by atoms with Gasteiger partial charge < -0.3 is 14.2 Å². The van der Waals surface area contributed by atoms with Crippen molar-refractivity contribution in [2.75, 3.05) is 9.80 Å². The molecule has 1 saturated carbocycles. The van der Waals surface area contributed by atoms with Gasteiger partial charge in [-0.05, 0) is 151 Å². The van der Waals surface area contributed by atoms with Crippen molar-refractivity contribution in [1.82, 2.24) is 0 Å². The third-order valence-electron chi connectivity index (χ3n) is 13.6. The zero-order valence-electron chi connectivity index (χ0n) is 32.8. The molecule has 1 heterocycles. The number of aryl methyl sites for hydroxylation is 3. The number of benzene rings is 7. The fraction of sp³-hybridized carbons (Fsp3) is 0.222. The molecule has 7 aromatic carbocycles. The molecule has 0 unspecified atom stereocenters. The van der Waals surface area contributed by atoms with Crippen molar-refractivity contribution in [1.29, 1.82) is 0 Å². The van der Waals surface area contributed by atoms with Gasteiger partial charge in [-0.1, -0.05) is 110 Å². The van der Waals surface area contributed by atoms with Crippen LogP contribution in [0.4, 0.5) is 34.1 Å². The van der Waals surface area contributed by atoms with Crippen LogP contribution >= 0.6 is 0 Å². The molecular weight excluding hydrogens is 693 g/mol. The summed E-state index contributed by atoms with van der Waals surface area (Å²) in [6.45, 7) is 2.29. The molecule has 1 spiro atoms. The summed E-state index contributed by atoms with van der Waals surface area (Å²) >= 11 is 0. The van der Waals surface area contributed by atoms with Crippen LogP contribution in [0.5, 0.6) is 0 Å². The molecule has 3 aliphatic rings. The maximum atomic E-state index is 6.44. The SMILES string of the molecule is Cc1c(N(c2ccc(C3CCCCC3)cc2)c2cccc3c2[C@]2(CCc4cccc(N(c5ccccc5)c5ccccc5)c42)CC3)ccc2oc3ccccc3c12. The first-order valence-corrected chi connectivity index (χ1v) is 21.1. The summed E-state index contributed by atoms with van der Waals surface area (Å²) in [4.78, 5) is 5.09. The van der Waals surface area contributed by atoms with Crippen LogP contribution in [0.15, 0.2) is 162 Å². The lowest BCUT2D eigenvalue weighted by atomic mass is 9.74. The highest BCUT2D eigenvalue weighted by Gasteiger charge is 2.49. The van der Waals surface area contributed by atoms with Crippen LogP contribution in [-0.2, 0) is 18.3 Å². The molecule has 280 valence electrons. The number of nitrogens with zero attached hydrogens (tertiary/aromatic N) is 2. The maximum absolute atomic E-state index is 6.44. The van der Waals surface area contributed by atoms with E-state index in [-0.39, 0.29) is 5.41 Å². The molecule has 0 radical (unpaired) electrons. The van der Waals surface area contributed by atoms with Crippen LogP contribution in [0.2, 0.25) is 0 Å². The van der Waals surface area contributed by atoms with E-state index >= 15 is 0 Å². The third-order valence-corrected chi connectivity index (χ3v) is 13.6. The van der Waals surface area contributed by atoms with Crippen LogP contribution in [-0.4, -0.2) is 0 Å². The smallest absolute Gasteiger partial charge is 0.135 e. The summed E-state index contributed by atoms with van der Waals surface area (Å²) in [6, 6.07) is 58.7. The first-order valence-electron chi connectivity index (χ1n) is 21.1. The largest absolute Gasteiger partial charge is 0.456 e. The molecule has 1 fully saturated rings. The second kappa shape index (κ2) is 13.8. The van der Waals surface area contributed by atoms with Crippen molar-refractivity contribution in [3.05, 3.63) is 191 Å². The van der Waals surface area contributed by atoms with Gasteiger partial charge in [-0.15, -0.1) is 0 Å². The predicted octanol–water partition coefficient (Wildman–Crippen LogP) is 15.1. The normalized spacial score (nSPS) is 17.6. The van der Waals surface area contributed by atoms with Crippen molar-refractivity contribution in [3.8, 4) is 0 Å². The standard InChI is InChI=1S/C54H48N2O/c1-37-46(31-32-50-51(37)45-23-11-12-26-49(45)57-50)56(44-29-27-39(28-30-44)38-15-5-2-6-16-38)48-25-14-18-41-34-36-54(53(41)48)35-33-40-17-13-24-47(52(40)54)55(42-19-7-3-8-20-42)43-21-9-4-10-22-43/h3-4,7-14,17-32,38H,2,5-6,15-16,33-36H2,1H3/t54-/m1/s1. The first kappa shape index (κ1) is 34.2. The number of anilines is 6. The Labute approximate surface area is 336 Å². The summed E-state index contributed by atoms with van der Waals surface area (Å²) in [5.74, 6) is 0.659. The fourth-order valence-electron chi connectivity index (χ4n) is 11.1. The number of hydrogen-bond donors (Lipinski definition) is 0. The molecule has 57 heavy (non-hydrogen) atoms. The van der Waals surface area contributed by atoms with E-state index in [1.807, 2.05) is 0 Å². The molecular formula is C54H48N2O. The van der Waals surface area contributed by atoms with Gasteiger partial charge in [-0.3, -0.25) is 0 Å². The topological polar surface area (TPSA) is 19.6 Å². The average molecular weight is 741 g/mol. The summed E-state index contributed by atoms with van der Waals surface area (Å²) in [5, 5.41) is 2.37. The minimum Gasteiger partial charge on any atom is -0.456 e. The lowest BCUT2D eigenvalue weighted by molar-refractivity contribution is 0.443. The van der Waals surface area contributed by atoms with Gasteiger partial charge in [-0.25, -0.2) is 0 Å². The Bertz CT molecular complexity index is 2700. The molecule has 3 nitrogen and oxygen atoms in total. The Morgan fingerprint density at radius 3 is 1.72 bits per heavy atom. The van der Waals surface area contributed by atoms with E-state index in [0.29, 0.717) is 5.92 Å². The highest BCUT2D eigenvalue weighted by Crippen LogP contribution is 2.60. The van der Waals surface area contributed by atoms with Crippen LogP contribution in [0.3, 0.4) is 0 Å².